The van der Waals surface area contributed by atoms with Crippen LogP contribution in [0.4, 0.5) is 0 Å². The normalized spacial score (nSPS) is 22.1. The van der Waals surface area contributed by atoms with Gasteiger partial charge in [0.15, 0.2) is 0 Å². The van der Waals surface area contributed by atoms with E-state index < -0.39 is 0 Å². The molecular weight excluding hydrogens is 300 g/mol. The Labute approximate surface area is 143 Å². The zero-order chi connectivity index (χ0) is 16.4. The van der Waals surface area contributed by atoms with Crippen LogP contribution in [0.25, 0.3) is 11.4 Å². The van der Waals surface area contributed by atoms with Crippen molar-refractivity contribution in [3.63, 3.8) is 0 Å². The highest BCUT2D eigenvalue weighted by Crippen LogP contribution is 2.29. The molecule has 2 fully saturated rings. The number of hydrogen-bond donors (Lipinski definition) is 2. The summed E-state index contributed by atoms with van der Waals surface area (Å²) in [5, 5.41) is 6.62. The Morgan fingerprint density at radius 1 is 1.29 bits per heavy atom. The Morgan fingerprint density at radius 2 is 2.17 bits per heavy atom. The summed E-state index contributed by atoms with van der Waals surface area (Å²) in [5.41, 5.74) is 2.29. The molecule has 0 radical (unpaired) electrons. The van der Waals surface area contributed by atoms with Gasteiger partial charge in [0.05, 0.1) is 0 Å². The quantitative estimate of drug-likeness (QED) is 0.908. The number of aromatic nitrogens is 2. The average molecular weight is 326 g/mol. The first kappa shape index (κ1) is 15.6. The van der Waals surface area contributed by atoms with E-state index in [9.17, 15) is 4.79 Å². The van der Waals surface area contributed by atoms with Crippen molar-refractivity contribution in [2.45, 2.75) is 57.0 Å². The average Bonchev–Trinajstić information content (AvgIpc) is 3.25. The molecule has 5 heteroatoms. The number of pyridine rings is 1. The monoisotopic (exact) mass is 326 g/mol. The van der Waals surface area contributed by atoms with Gasteiger partial charge in [-0.25, -0.2) is 4.98 Å². The molecule has 0 aromatic rings. The maximum Gasteiger partial charge on any atom is 0.240 e. The molecule has 3 heterocycles. The predicted octanol–water partition coefficient (Wildman–Crippen LogP) is 2.51. The van der Waals surface area contributed by atoms with Gasteiger partial charge in [-0.05, 0) is 50.4 Å². The van der Waals surface area contributed by atoms with Crippen molar-refractivity contribution >= 4 is 5.91 Å². The van der Waals surface area contributed by atoms with Gasteiger partial charge in [0.25, 0.3) is 0 Å². The van der Waals surface area contributed by atoms with Crippen LogP contribution in [0.15, 0.2) is 24.4 Å². The van der Waals surface area contributed by atoms with Crippen molar-refractivity contribution < 1.29 is 4.79 Å². The lowest BCUT2D eigenvalue weighted by Crippen LogP contribution is -2.35. The van der Waals surface area contributed by atoms with Gasteiger partial charge in [-0.2, -0.15) is 0 Å². The minimum Gasteiger partial charge on any atom is -0.352 e. The molecule has 0 unspecified atom stereocenters. The summed E-state index contributed by atoms with van der Waals surface area (Å²) in [6.45, 7) is 2.47. The van der Waals surface area contributed by atoms with Crippen LogP contribution in [-0.4, -0.2) is 34.6 Å². The lowest BCUT2D eigenvalue weighted by molar-refractivity contribution is -0.122. The lowest BCUT2D eigenvalue weighted by atomic mass is 9.96. The van der Waals surface area contributed by atoms with E-state index in [-0.39, 0.29) is 5.91 Å². The summed E-state index contributed by atoms with van der Waals surface area (Å²) >= 11 is 0. The highest BCUT2D eigenvalue weighted by atomic mass is 16.2. The van der Waals surface area contributed by atoms with E-state index in [1.54, 1.807) is 0 Å². The third kappa shape index (κ3) is 3.31. The van der Waals surface area contributed by atoms with Gasteiger partial charge in [0.1, 0.15) is 12.4 Å². The molecule has 24 heavy (non-hydrogen) atoms. The number of carbonyl (C=O) groups excluding carboxylic acids is 1. The Balaban J connectivity index is 1.50. The molecule has 0 spiro atoms. The fourth-order valence-corrected chi connectivity index (χ4v) is 4.06. The van der Waals surface area contributed by atoms with Gasteiger partial charge in [-0.1, -0.05) is 12.8 Å². The summed E-state index contributed by atoms with van der Waals surface area (Å²) in [6.07, 6.45) is 9.07. The number of fused-ring (bicyclic) bond motifs is 1. The van der Waals surface area contributed by atoms with Crippen molar-refractivity contribution in [1.29, 1.82) is 0 Å². The number of carbonyl (C=O) groups is 1. The molecule has 4 aliphatic rings. The standard InChI is InChI=1S/C19H26N4O/c24-18(21-16-7-1-2-8-16)13-23-10-4-6-14-11-17(22-19(14)23)15-5-3-9-20-12-15/h4,6,10-11,15-16,20H,1-3,5,7-9,12-13H2,(H,21,24)/t15-/m1/s1. The van der Waals surface area contributed by atoms with Gasteiger partial charge in [0, 0.05) is 36.0 Å². The highest BCUT2D eigenvalue weighted by Gasteiger charge is 2.22. The molecule has 1 atom stereocenters. The van der Waals surface area contributed by atoms with Crippen LogP contribution < -0.4 is 10.6 Å². The van der Waals surface area contributed by atoms with Gasteiger partial charge >= 0.3 is 0 Å². The minimum absolute atomic E-state index is 0.100. The van der Waals surface area contributed by atoms with Crippen molar-refractivity contribution in [2.75, 3.05) is 13.1 Å². The molecule has 5 nitrogen and oxygen atoms in total. The summed E-state index contributed by atoms with van der Waals surface area (Å²) < 4.78 is 1.99. The second kappa shape index (κ2) is 6.93. The molecule has 1 saturated heterocycles. The molecule has 3 aliphatic heterocycles. The van der Waals surface area contributed by atoms with E-state index in [0.29, 0.717) is 18.5 Å². The fourth-order valence-electron chi connectivity index (χ4n) is 4.06. The maximum atomic E-state index is 12.4. The fraction of sp³-hybridized carbons (Fsp3) is 0.579. The molecule has 0 aromatic carbocycles. The Bertz CT molecular complexity index is 668. The number of nitrogens with zero attached hydrogens (tertiary/aromatic N) is 2. The molecule has 0 bridgehead atoms. The molecular formula is C19H26N4O. The number of piperidine rings is 1. The Morgan fingerprint density at radius 3 is 2.96 bits per heavy atom. The third-order valence-electron chi connectivity index (χ3n) is 5.36. The molecule has 128 valence electrons. The first-order valence-electron chi connectivity index (χ1n) is 9.25. The van der Waals surface area contributed by atoms with E-state index in [2.05, 4.69) is 22.8 Å². The van der Waals surface area contributed by atoms with Crippen LogP contribution in [0.3, 0.4) is 0 Å². The number of hydrogen-bond acceptors (Lipinski definition) is 3. The predicted molar refractivity (Wildman–Crippen MR) is 94.1 cm³/mol. The largest absolute Gasteiger partial charge is 0.352 e. The van der Waals surface area contributed by atoms with Crippen LogP contribution in [0.1, 0.15) is 50.1 Å². The molecule has 1 amide bonds. The molecule has 2 N–H and O–H groups in total. The second-order valence-corrected chi connectivity index (χ2v) is 7.19. The Kier molecular flexibility index (Phi) is 4.52. The Hall–Kier alpha value is -1.88. The number of nitrogens with one attached hydrogen (secondary N) is 2. The zero-order valence-electron chi connectivity index (χ0n) is 14.1. The van der Waals surface area contributed by atoms with Gasteiger partial charge in [-0.3, -0.25) is 4.79 Å². The van der Waals surface area contributed by atoms with Gasteiger partial charge < -0.3 is 15.2 Å². The van der Waals surface area contributed by atoms with Crippen LogP contribution in [0.5, 0.6) is 0 Å². The van der Waals surface area contributed by atoms with Crippen LogP contribution in [0, 0.1) is 0 Å². The summed E-state index contributed by atoms with van der Waals surface area (Å²) in [7, 11) is 0. The number of rotatable bonds is 4. The minimum atomic E-state index is 0.100. The van der Waals surface area contributed by atoms with Gasteiger partial charge in [0.2, 0.25) is 5.91 Å². The molecule has 1 saturated carbocycles. The third-order valence-corrected chi connectivity index (χ3v) is 5.36. The topological polar surface area (TPSA) is 59.0 Å². The van der Waals surface area contributed by atoms with E-state index in [1.807, 2.05) is 16.8 Å². The van der Waals surface area contributed by atoms with Crippen LogP contribution in [-0.2, 0) is 11.3 Å². The first-order chi connectivity index (χ1) is 11.8. The zero-order valence-corrected chi connectivity index (χ0v) is 14.1. The van der Waals surface area contributed by atoms with Crippen molar-refractivity contribution in [1.82, 2.24) is 20.2 Å². The molecule has 4 rings (SSSR count). The SMILES string of the molecule is O=C(Cn1cccc2cc([C@@H]3CCCNC3)nc1-2)NC1CCCC1. The van der Waals surface area contributed by atoms with Gasteiger partial charge in [-0.15, -0.1) is 0 Å². The summed E-state index contributed by atoms with van der Waals surface area (Å²) in [6, 6.07) is 6.66. The van der Waals surface area contributed by atoms with E-state index in [1.165, 1.54) is 25.7 Å². The molecule has 0 aromatic heterocycles. The summed E-state index contributed by atoms with van der Waals surface area (Å²) in [4.78, 5) is 17.2. The van der Waals surface area contributed by atoms with Crippen molar-refractivity contribution in [3.05, 3.63) is 30.1 Å². The lowest BCUT2D eigenvalue weighted by Gasteiger charge is -2.20. The van der Waals surface area contributed by atoms with E-state index in [4.69, 9.17) is 4.98 Å². The van der Waals surface area contributed by atoms with Crippen molar-refractivity contribution in [2.24, 2.45) is 0 Å². The van der Waals surface area contributed by atoms with E-state index in [0.717, 1.165) is 43.0 Å². The maximum absolute atomic E-state index is 12.4. The van der Waals surface area contributed by atoms with E-state index >= 15 is 0 Å². The highest BCUT2D eigenvalue weighted by molar-refractivity contribution is 5.77. The van der Waals surface area contributed by atoms with Crippen LogP contribution >= 0.6 is 0 Å². The van der Waals surface area contributed by atoms with Crippen molar-refractivity contribution in [3.8, 4) is 11.4 Å². The first-order valence-corrected chi connectivity index (χ1v) is 9.25. The summed E-state index contributed by atoms with van der Waals surface area (Å²) in [5.74, 6) is 1.52. The number of amides is 1. The molecule has 1 aliphatic carbocycles. The second-order valence-electron chi connectivity index (χ2n) is 7.19. The van der Waals surface area contributed by atoms with Crippen LogP contribution in [0.2, 0.25) is 0 Å². The smallest absolute Gasteiger partial charge is 0.240 e.